The lowest BCUT2D eigenvalue weighted by molar-refractivity contribution is 0.125. The molecule has 5 heterocycles. The standard InChI is InChI=1S/C58H65N5/c1-7-59-38-36-46(41-27-16-12-17-28-41)51-48(42-29-18-13-19-30-42)53-50(44-33-22-15-23-34-44)54-49(43-31-20-14-21-32-43)52-47(45-35-25-24-26-40(45)6)37-39-60(8-2)56(52)62(10-4)58(54)63(11-5)57(53)61(9-3)55(51)59/h12-35,46-50H,7-11,36-39H2,1-6H3. The topological polar surface area (TPSA) is 16.2 Å². The summed E-state index contributed by atoms with van der Waals surface area (Å²) in [4.78, 5) is 13.8. The van der Waals surface area contributed by atoms with Gasteiger partial charge in [-0.1, -0.05) is 146 Å². The maximum absolute atomic E-state index is 2.79. The first kappa shape index (κ1) is 41.1. The third kappa shape index (κ3) is 6.64. The SMILES string of the molecule is CCN1CCC(c2ccccc2)C2=C1N(CC)C1=C(C2c2ccccc2)C(c2ccccc2)C2=C(N(CC)C3=C(C(c4ccccc4C)CCN3CC)C2c2ccccc2)N1CC. The third-order valence-corrected chi connectivity index (χ3v) is 15.0. The number of aryl methyl sites for hydroxylation is 1. The van der Waals surface area contributed by atoms with Gasteiger partial charge in [0.1, 0.15) is 23.3 Å². The normalized spacial score (nSPS) is 23.5. The summed E-state index contributed by atoms with van der Waals surface area (Å²) >= 11 is 0. The minimum atomic E-state index is 0.0172. The van der Waals surface area contributed by atoms with Crippen molar-refractivity contribution in [2.45, 2.75) is 84.0 Å². The first-order chi connectivity index (χ1) is 31.0. The van der Waals surface area contributed by atoms with Gasteiger partial charge in [-0.25, -0.2) is 0 Å². The average molecular weight is 832 g/mol. The lowest BCUT2D eigenvalue weighted by atomic mass is 9.61. The molecule has 5 nitrogen and oxygen atoms in total. The minimum Gasteiger partial charge on any atom is -0.358 e. The van der Waals surface area contributed by atoms with Crippen LogP contribution < -0.4 is 0 Å². The predicted octanol–water partition coefficient (Wildman–Crippen LogP) is 12.5. The van der Waals surface area contributed by atoms with Gasteiger partial charge >= 0.3 is 0 Å². The summed E-state index contributed by atoms with van der Waals surface area (Å²) < 4.78 is 0. The van der Waals surface area contributed by atoms with Crippen molar-refractivity contribution in [2.75, 3.05) is 45.8 Å². The molecule has 0 amide bonds. The van der Waals surface area contributed by atoms with Gasteiger partial charge in [-0.2, -0.15) is 0 Å². The Bertz CT molecular complexity index is 2560. The zero-order valence-electron chi connectivity index (χ0n) is 38.3. The summed E-state index contributed by atoms with van der Waals surface area (Å²) in [5.41, 5.74) is 14.6. The Hall–Kier alpha value is -5.94. The molecule has 0 N–H and O–H groups in total. The molecular formula is C58H65N5. The van der Waals surface area contributed by atoms with Crippen molar-refractivity contribution >= 4 is 0 Å². The molecule has 5 aromatic rings. The molecule has 0 aromatic heterocycles. The molecule has 322 valence electrons. The molecule has 63 heavy (non-hydrogen) atoms. The van der Waals surface area contributed by atoms with Crippen LogP contribution in [-0.4, -0.2) is 70.3 Å². The van der Waals surface area contributed by atoms with E-state index in [2.05, 4.69) is 212 Å². The monoisotopic (exact) mass is 832 g/mol. The largest absolute Gasteiger partial charge is 0.358 e. The second-order valence-electron chi connectivity index (χ2n) is 18.0. The van der Waals surface area contributed by atoms with Crippen LogP contribution in [0.3, 0.4) is 0 Å². The lowest BCUT2D eigenvalue weighted by Gasteiger charge is -2.59. The Morgan fingerprint density at radius 3 is 1.13 bits per heavy atom. The highest BCUT2D eigenvalue weighted by atomic mass is 15.5. The molecule has 0 fully saturated rings. The second kappa shape index (κ2) is 17.3. The Labute approximate surface area is 377 Å². The Morgan fingerprint density at radius 1 is 0.365 bits per heavy atom. The van der Waals surface area contributed by atoms with E-state index in [9.17, 15) is 0 Å². The molecule has 0 aliphatic carbocycles. The number of hydrogen-bond donors (Lipinski definition) is 0. The van der Waals surface area contributed by atoms with Crippen molar-refractivity contribution < 1.29 is 0 Å². The summed E-state index contributed by atoms with van der Waals surface area (Å²) in [5, 5.41) is 0. The summed E-state index contributed by atoms with van der Waals surface area (Å²) in [7, 11) is 0. The highest BCUT2D eigenvalue weighted by Crippen LogP contribution is 2.64. The van der Waals surface area contributed by atoms with Gasteiger partial charge in [-0.3, -0.25) is 0 Å². The zero-order valence-corrected chi connectivity index (χ0v) is 38.3. The first-order valence-electron chi connectivity index (χ1n) is 24.1. The van der Waals surface area contributed by atoms with Crippen LogP contribution in [0, 0.1) is 6.92 Å². The van der Waals surface area contributed by atoms with Crippen LogP contribution in [0.15, 0.2) is 191 Å². The molecule has 0 spiro atoms. The molecule has 5 heteroatoms. The van der Waals surface area contributed by atoms with Crippen LogP contribution in [0.1, 0.15) is 110 Å². The Balaban J connectivity index is 1.33. The van der Waals surface area contributed by atoms with E-state index in [1.807, 2.05) is 0 Å². The van der Waals surface area contributed by atoms with E-state index in [1.165, 1.54) is 67.8 Å². The van der Waals surface area contributed by atoms with Crippen molar-refractivity contribution in [2.24, 2.45) is 0 Å². The van der Waals surface area contributed by atoms with Crippen LogP contribution in [0.5, 0.6) is 0 Å². The molecule has 0 saturated heterocycles. The van der Waals surface area contributed by atoms with Crippen molar-refractivity contribution in [3.8, 4) is 0 Å². The van der Waals surface area contributed by atoms with Gasteiger partial charge in [0.25, 0.3) is 0 Å². The van der Waals surface area contributed by atoms with Crippen molar-refractivity contribution in [1.29, 1.82) is 0 Å². The van der Waals surface area contributed by atoms with Gasteiger partial charge in [0, 0.05) is 75.4 Å². The van der Waals surface area contributed by atoms with Crippen LogP contribution in [0.25, 0.3) is 0 Å². The maximum Gasteiger partial charge on any atom is 0.116 e. The van der Waals surface area contributed by atoms with E-state index < -0.39 is 0 Å². The number of rotatable bonds is 10. The van der Waals surface area contributed by atoms with Gasteiger partial charge in [0.05, 0.1) is 0 Å². The van der Waals surface area contributed by atoms with Crippen molar-refractivity contribution in [3.05, 3.63) is 225 Å². The molecular weight excluding hydrogens is 767 g/mol. The molecule has 5 aliphatic rings. The number of hydrogen-bond acceptors (Lipinski definition) is 5. The van der Waals surface area contributed by atoms with Gasteiger partial charge in [-0.05, 0) is 110 Å². The molecule has 0 radical (unpaired) electrons. The average Bonchev–Trinajstić information content (AvgIpc) is 3.34. The number of benzene rings is 5. The smallest absolute Gasteiger partial charge is 0.116 e. The van der Waals surface area contributed by atoms with Gasteiger partial charge in [0.2, 0.25) is 0 Å². The number of allylic oxidation sites excluding steroid dienone is 4. The fourth-order valence-corrected chi connectivity index (χ4v) is 12.5. The molecule has 5 aromatic carbocycles. The summed E-state index contributed by atoms with van der Waals surface area (Å²) in [6, 6.07) is 55.6. The van der Waals surface area contributed by atoms with Gasteiger partial charge in [-0.15, -0.1) is 0 Å². The van der Waals surface area contributed by atoms with Crippen LogP contribution in [0.4, 0.5) is 0 Å². The second-order valence-corrected chi connectivity index (χ2v) is 18.0. The highest BCUT2D eigenvalue weighted by molar-refractivity contribution is 5.64. The molecule has 0 bridgehead atoms. The summed E-state index contributed by atoms with van der Waals surface area (Å²) in [5.74, 6) is 6.35. The fourth-order valence-electron chi connectivity index (χ4n) is 12.5. The maximum atomic E-state index is 2.79. The van der Waals surface area contributed by atoms with Crippen LogP contribution in [-0.2, 0) is 0 Å². The number of nitrogens with zero attached hydrogens (tertiary/aromatic N) is 5. The summed E-state index contributed by atoms with van der Waals surface area (Å²) in [6.07, 6.45) is 2.19. The minimum absolute atomic E-state index is 0.0172. The van der Waals surface area contributed by atoms with E-state index in [-0.39, 0.29) is 23.7 Å². The Morgan fingerprint density at radius 2 is 0.714 bits per heavy atom. The van der Waals surface area contributed by atoms with E-state index in [0.29, 0.717) is 5.92 Å². The highest BCUT2D eigenvalue weighted by Gasteiger charge is 2.55. The molecule has 5 atom stereocenters. The molecule has 10 rings (SSSR count). The fraction of sp³-hybridized carbons (Fsp3) is 0.345. The van der Waals surface area contributed by atoms with Crippen molar-refractivity contribution in [3.63, 3.8) is 0 Å². The first-order valence-corrected chi connectivity index (χ1v) is 24.1. The molecule has 5 unspecified atom stereocenters. The molecule has 0 saturated carbocycles. The Kier molecular flexibility index (Phi) is 11.3. The van der Waals surface area contributed by atoms with E-state index >= 15 is 0 Å². The predicted molar refractivity (Wildman–Crippen MR) is 260 cm³/mol. The van der Waals surface area contributed by atoms with Crippen LogP contribution >= 0.6 is 0 Å². The quantitative estimate of drug-likeness (QED) is 0.139. The van der Waals surface area contributed by atoms with Gasteiger partial charge < -0.3 is 24.5 Å². The lowest BCUT2D eigenvalue weighted by Crippen LogP contribution is -2.55. The molecule has 5 aliphatic heterocycles. The van der Waals surface area contributed by atoms with E-state index in [1.54, 1.807) is 11.1 Å². The summed E-state index contributed by atoms with van der Waals surface area (Å²) in [6.45, 7) is 20.9. The van der Waals surface area contributed by atoms with Gasteiger partial charge in [0.15, 0.2) is 0 Å². The van der Waals surface area contributed by atoms with E-state index in [0.717, 1.165) is 58.7 Å². The van der Waals surface area contributed by atoms with Crippen LogP contribution in [0.2, 0.25) is 0 Å². The zero-order chi connectivity index (χ0) is 43.2. The van der Waals surface area contributed by atoms with Crippen molar-refractivity contribution in [1.82, 2.24) is 24.5 Å². The van der Waals surface area contributed by atoms with E-state index in [4.69, 9.17) is 0 Å². The third-order valence-electron chi connectivity index (χ3n) is 15.0.